The van der Waals surface area contributed by atoms with Crippen LogP contribution in [0.3, 0.4) is 0 Å². The molecule has 0 aliphatic rings. The zero-order valence-corrected chi connectivity index (χ0v) is 13.4. The lowest BCUT2D eigenvalue weighted by Crippen LogP contribution is -2.26. The Bertz CT molecular complexity index is 906. The zero-order valence-electron chi connectivity index (χ0n) is 13.4. The first-order valence-electron chi connectivity index (χ1n) is 7.58. The summed E-state index contributed by atoms with van der Waals surface area (Å²) in [5.74, 6) is -0.682. The Hall–Kier alpha value is -3.09. The molecule has 0 radical (unpaired) electrons. The van der Waals surface area contributed by atoms with Crippen molar-refractivity contribution in [2.24, 2.45) is 0 Å². The van der Waals surface area contributed by atoms with Gasteiger partial charge in [-0.2, -0.15) is 4.68 Å². The van der Waals surface area contributed by atoms with E-state index in [0.29, 0.717) is 5.76 Å². The number of rotatable bonds is 5. The van der Waals surface area contributed by atoms with Crippen molar-refractivity contribution in [3.8, 4) is 11.7 Å². The van der Waals surface area contributed by atoms with Gasteiger partial charge in [-0.15, -0.1) is 5.10 Å². The van der Waals surface area contributed by atoms with Crippen molar-refractivity contribution in [2.45, 2.75) is 26.8 Å². The number of carbonyl (C=O) groups is 1. The van der Waals surface area contributed by atoms with Gasteiger partial charge in [0.15, 0.2) is 5.76 Å². The van der Waals surface area contributed by atoms with E-state index >= 15 is 0 Å². The van der Waals surface area contributed by atoms with Crippen molar-refractivity contribution in [3.05, 3.63) is 58.3 Å². The van der Waals surface area contributed by atoms with Crippen LogP contribution in [0.5, 0.6) is 0 Å². The third kappa shape index (κ3) is 3.15. The van der Waals surface area contributed by atoms with Crippen molar-refractivity contribution in [3.63, 3.8) is 0 Å². The fourth-order valence-electron chi connectivity index (χ4n) is 2.42. The summed E-state index contributed by atoms with van der Waals surface area (Å²) in [6, 6.07) is 9.11. The maximum absolute atomic E-state index is 12.3. The second-order valence-electron chi connectivity index (χ2n) is 5.32. The number of nitrogens with one attached hydrogen (secondary N) is 1. The largest absolute Gasteiger partial charge is 0.459 e. The van der Waals surface area contributed by atoms with Crippen LogP contribution >= 0.6 is 0 Å². The van der Waals surface area contributed by atoms with Crippen molar-refractivity contribution >= 4 is 11.6 Å². The molecule has 2 aromatic heterocycles. The van der Waals surface area contributed by atoms with Crippen molar-refractivity contribution < 1.29 is 13.6 Å². The molecule has 1 aromatic carbocycles. The maximum atomic E-state index is 12.3. The maximum Gasteiger partial charge on any atom is 0.437 e. The molecule has 124 valence electrons. The molecule has 24 heavy (non-hydrogen) atoms. The molecule has 1 N–H and O–H groups in total. The van der Waals surface area contributed by atoms with E-state index in [2.05, 4.69) is 10.4 Å². The summed E-state index contributed by atoms with van der Waals surface area (Å²) in [7, 11) is 0. The molecule has 0 aliphatic heterocycles. The van der Waals surface area contributed by atoms with Crippen molar-refractivity contribution in [1.29, 1.82) is 0 Å². The summed E-state index contributed by atoms with van der Waals surface area (Å²) in [6.07, 6.45) is 2.25. The standard InChI is InChI=1S/C17H17N3O4/c1-3-12-7-4-6-11(2)15(12)18-14(21)10-20-17(22)24-16(19-20)13-8-5-9-23-13/h4-9H,3,10H2,1-2H3,(H,18,21). The Labute approximate surface area is 137 Å². The Morgan fingerprint density at radius 3 is 2.83 bits per heavy atom. The number of hydrogen-bond acceptors (Lipinski definition) is 5. The first-order valence-corrected chi connectivity index (χ1v) is 7.58. The number of furan rings is 1. The molecule has 0 saturated heterocycles. The number of para-hydroxylation sites is 1. The highest BCUT2D eigenvalue weighted by atomic mass is 16.4. The monoisotopic (exact) mass is 327 g/mol. The summed E-state index contributed by atoms with van der Waals surface area (Å²) in [4.78, 5) is 24.1. The Kier molecular flexibility index (Phi) is 4.33. The van der Waals surface area contributed by atoms with Crippen LogP contribution < -0.4 is 11.1 Å². The van der Waals surface area contributed by atoms with Gasteiger partial charge in [-0.05, 0) is 36.6 Å². The molecule has 3 rings (SSSR count). The molecule has 0 saturated carbocycles. The van der Waals surface area contributed by atoms with E-state index in [1.165, 1.54) is 6.26 Å². The molecule has 0 spiro atoms. The summed E-state index contributed by atoms with van der Waals surface area (Å²) in [6.45, 7) is 3.70. The number of hydrogen-bond donors (Lipinski definition) is 1. The lowest BCUT2D eigenvalue weighted by molar-refractivity contribution is -0.117. The number of anilines is 1. The minimum atomic E-state index is -0.711. The third-order valence-corrected chi connectivity index (χ3v) is 3.64. The summed E-state index contributed by atoms with van der Waals surface area (Å²) < 4.78 is 11.1. The topological polar surface area (TPSA) is 90.3 Å². The molecule has 2 heterocycles. The normalized spacial score (nSPS) is 10.8. The smallest absolute Gasteiger partial charge is 0.437 e. The molecular formula is C17H17N3O4. The molecule has 0 aliphatic carbocycles. The quantitative estimate of drug-likeness (QED) is 0.778. The van der Waals surface area contributed by atoms with E-state index in [1.54, 1.807) is 12.1 Å². The van der Waals surface area contributed by atoms with Crippen molar-refractivity contribution in [1.82, 2.24) is 9.78 Å². The van der Waals surface area contributed by atoms with Gasteiger partial charge in [-0.1, -0.05) is 25.1 Å². The Morgan fingerprint density at radius 2 is 2.12 bits per heavy atom. The third-order valence-electron chi connectivity index (χ3n) is 3.64. The van der Waals surface area contributed by atoms with Gasteiger partial charge < -0.3 is 14.2 Å². The van der Waals surface area contributed by atoms with Crippen LogP contribution in [0, 0.1) is 6.92 Å². The van der Waals surface area contributed by atoms with E-state index < -0.39 is 5.76 Å². The molecule has 7 nitrogen and oxygen atoms in total. The van der Waals surface area contributed by atoms with E-state index in [9.17, 15) is 9.59 Å². The lowest BCUT2D eigenvalue weighted by Gasteiger charge is -2.12. The Balaban J connectivity index is 1.78. The fourth-order valence-corrected chi connectivity index (χ4v) is 2.42. The predicted octanol–water partition coefficient (Wildman–Crippen LogP) is 2.61. The van der Waals surface area contributed by atoms with E-state index in [0.717, 1.165) is 27.9 Å². The second kappa shape index (κ2) is 6.57. The molecule has 0 fully saturated rings. The van der Waals surface area contributed by atoms with Gasteiger partial charge in [0.05, 0.1) is 6.26 Å². The van der Waals surface area contributed by atoms with Gasteiger partial charge in [0.25, 0.3) is 5.89 Å². The summed E-state index contributed by atoms with van der Waals surface area (Å²) in [5.41, 5.74) is 2.77. The van der Waals surface area contributed by atoms with Crippen molar-refractivity contribution in [2.75, 3.05) is 5.32 Å². The van der Waals surface area contributed by atoms with Crippen LogP contribution in [0.1, 0.15) is 18.1 Å². The summed E-state index contributed by atoms with van der Waals surface area (Å²) >= 11 is 0. The number of carbonyl (C=O) groups excluding carboxylic acids is 1. The minimum Gasteiger partial charge on any atom is -0.459 e. The van der Waals surface area contributed by atoms with Crippen LogP contribution in [0.15, 0.2) is 50.2 Å². The van der Waals surface area contributed by atoms with E-state index in [-0.39, 0.29) is 18.3 Å². The first kappa shape index (κ1) is 15.8. The van der Waals surface area contributed by atoms with Gasteiger partial charge in [0, 0.05) is 5.69 Å². The van der Waals surface area contributed by atoms with Gasteiger partial charge >= 0.3 is 5.76 Å². The molecule has 3 aromatic rings. The van der Waals surface area contributed by atoms with Crippen LogP contribution in [0.4, 0.5) is 5.69 Å². The van der Waals surface area contributed by atoms with Gasteiger partial charge in [0.2, 0.25) is 5.91 Å². The SMILES string of the molecule is CCc1cccc(C)c1NC(=O)Cn1nc(-c2ccco2)oc1=O. The molecule has 1 amide bonds. The van der Waals surface area contributed by atoms with Crippen LogP contribution in [0.2, 0.25) is 0 Å². The highest BCUT2D eigenvalue weighted by Crippen LogP contribution is 2.21. The van der Waals surface area contributed by atoms with Crippen LogP contribution in [0.25, 0.3) is 11.7 Å². The van der Waals surface area contributed by atoms with E-state index in [4.69, 9.17) is 8.83 Å². The van der Waals surface area contributed by atoms with Gasteiger partial charge in [-0.25, -0.2) is 4.79 Å². The van der Waals surface area contributed by atoms with Crippen LogP contribution in [-0.4, -0.2) is 15.7 Å². The lowest BCUT2D eigenvalue weighted by atomic mass is 10.1. The highest BCUT2D eigenvalue weighted by molar-refractivity contribution is 5.92. The predicted molar refractivity (Wildman–Crippen MR) is 87.7 cm³/mol. The summed E-state index contributed by atoms with van der Waals surface area (Å²) in [5, 5.41) is 6.83. The number of nitrogens with zero attached hydrogens (tertiary/aromatic N) is 2. The number of benzene rings is 1. The van der Waals surface area contributed by atoms with Gasteiger partial charge in [0.1, 0.15) is 6.54 Å². The molecular weight excluding hydrogens is 310 g/mol. The molecule has 0 atom stereocenters. The van der Waals surface area contributed by atoms with E-state index in [1.807, 2.05) is 32.0 Å². The highest BCUT2D eigenvalue weighted by Gasteiger charge is 2.16. The second-order valence-corrected chi connectivity index (χ2v) is 5.32. The Morgan fingerprint density at radius 1 is 1.29 bits per heavy atom. The number of aromatic nitrogens is 2. The fraction of sp³-hybridized carbons (Fsp3) is 0.235. The average Bonchev–Trinajstić information content (AvgIpc) is 3.20. The number of amides is 1. The molecule has 7 heteroatoms. The minimum absolute atomic E-state index is 0.0444. The number of aryl methyl sites for hydroxylation is 2. The zero-order chi connectivity index (χ0) is 17.1. The first-order chi connectivity index (χ1) is 11.6. The average molecular weight is 327 g/mol. The molecule has 0 bridgehead atoms. The molecule has 0 unspecified atom stereocenters. The van der Waals surface area contributed by atoms with Gasteiger partial charge in [-0.3, -0.25) is 4.79 Å². The van der Waals surface area contributed by atoms with Crippen LogP contribution in [-0.2, 0) is 17.8 Å².